The van der Waals surface area contributed by atoms with Gasteiger partial charge in [0.05, 0.1) is 30.1 Å². The number of hydrogen-bond acceptors (Lipinski definition) is 5. The normalized spacial score (nSPS) is 17.9. The Morgan fingerprint density at radius 3 is 2.61 bits per heavy atom. The van der Waals surface area contributed by atoms with E-state index in [4.69, 9.17) is 9.72 Å². The van der Waals surface area contributed by atoms with Gasteiger partial charge in [-0.3, -0.25) is 19.1 Å². The number of para-hydroxylation sites is 1. The first-order valence-electron chi connectivity index (χ1n) is 11.2. The number of nitrogens with zero attached hydrogens (tertiary/aromatic N) is 4. The Bertz CT molecular complexity index is 1190. The van der Waals surface area contributed by atoms with Gasteiger partial charge in [0.2, 0.25) is 0 Å². The molecule has 1 amide bonds. The van der Waals surface area contributed by atoms with E-state index < -0.39 is 0 Å². The number of carbonyl (C=O) groups is 1. The van der Waals surface area contributed by atoms with Gasteiger partial charge in [0.1, 0.15) is 5.82 Å². The molecule has 174 valence electrons. The molecule has 0 spiro atoms. The molecule has 0 radical (unpaired) electrons. The highest BCUT2D eigenvalue weighted by Gasteiger charge is 2.32. The average molecular weight is 513 g/mol. The number of ether oxygens (including phenoxy) is 1. The maximum absolute atomic E-state index is 13.2. The van der Waals surface area contributed by atoms with Crippen LogP contribution in [0.3, 0.4) is 0 Å². The molecule has 2 unspecified atom stereocenters. The predicted octanol–water partition coefficient (Wildman–Crippen LogP) is 3.71. The fourth-order valence-electron chi connectivity index (χ4n) is 4.46. The maximum Gasteiger partial charge on any atom is 0.261 e. The molecule has 2 heterocycles. The van der Waals surface area contributed by atoms with E-state index in [1.807, 2.05) is 53.4 Å². The van der Waals surface area contributed by atoms with E-state index in [1.54, 1.807) is 11.7 Å². The Balaban J connectivity index is 1.57. The lowest BCUT2D eigenvalue weighted by atomic mass is 10.1. The Morgan fingerprint density at radius 1 is 1.18 bits per heavy atom. The summed E-state index contributed by atoms with van der Waals surface area (Å²) in [5, 5.41) is 0.614. The van der Waals surface area contributed by atoms with Crippen molar-refractivity contribution >= 4 is 32.7 Å². The molecule has 0 aliphatic carbocycles. The molecule has 1 aromatic heterocycles. The second-order valence-corrected chi connectivity index (χ2v) is 9.38. The van der Waals surface area contributed by atoms with Gasteiger partial charge in [-0.05, 0) is 50.2 Å². The SMILES string of the molecule is COCCn1c(C(C)N2CCN(C(=O)c3ccc(Br)cc3)C(C)C2)nc2ccccc2c1=O. The van der Waals surface area contributed by atoms with Gasteiger partial charge in [-0.15, -0.1) is 0 Å². The molecular formula is C25H29BrN4O3. The van der Waals surface area contributed by atoms with Crippen molar-refractivity contribution in [2.45, 2.75) is 32.5 Å². The summed E-state index contributed by atoms with van der Waals surface area (Å²) in [6.07, 6.45) is 0. The minimum Gasteiger partial charge on any atom is -0.383 e. The topological polar surface area (TPSA) is 67.7 Å². The number of methoxy groups -OCH3 is 1. The second kappa shape index (κ2) is 10.2. The zero-order chi connectivity index (χ0) is 23.5. The molecule has 2 atom stereocenters. The summed E-state index contributed by atoms with van der Waals surface area (Å²) in [5.74, 6) is 0.777. The first kappa shape index (κ1) is 23.6. The number of amides is 1. The van der Waals surface area contributed by atoms with Crippen LogP contribution >= 0.6 is 15.9 Å². The van der Waals surface area contributed by atoms with E-state index in [0.29, 0.717) is 49.3 Å². The van der Waals surface area contributed by atoms with Gasteiger partial charge in [0.25, 0.3) is 11.5 Å². The highest BCUT2D eigenvalue weighted by Crippen LogP contribution is 2.24. The van der Waals surface area contributed by atoms with Gasteiger partial charge < -0.3 is 9.64 Å². The third-order valence-corrected chi connectivity index (χ3v) is 6.87. The Morgan fingerprint density at radius 2 is 1.91 bits per heavy atom. The van der Waals surface area contributed by atoms with Crippen molar-refractivity contribution in [3.8, 4) is 0 Å². The van der Waals surface area contributed by atoms with Gasteiger partial charge >= 0.3 is 0 Å². The van der Waals surface area contributed by atoms with Crippen LogP contribution in [0.25, 0.3) is 10.9 Å². The summed E-state index contributed by atoms with van der Waals surface area (Å²) in [6.45, 7) is 7.07. The molecule has 3 aromatic rings. The Hall–Kier alpha value is -2.55. The summed E-state index contributed by atoms with van der Waals surface area (Å²) in [5.41, 5.74) is 1.35. The maximum atomic E-state index is 13.2. The fourth-order valence-corrected chi connectivity index (χ4v) is 4.73. The molecule has 1 fully saturated rings. The van der Waals surface area contributed by atoms with Crippen molar-refractivity contribution in [3.63, 3.8) is 0 Å². The van der Waals surface area contributed by atoms with E-state index in [9.17, 15) is 9.59 Å². The summed E-state index contributed by atoms with van der Waals surface area (Å²) in [4.78, 5) is 35.4. The van der Waals surface area contributed by atoms with Crippen LogP contribution in [0.15, 0.2) is 57.8 Å². The first-order valence-corrected chi connectivity index (χ1v) is 12.0. The largest absolute Gasteiger partial charge is 0.383 e. The number of halogens is 1. The molecule has 0 saturated carbocycles. The van der Waals surface area contributed by atoms with Gasteiger partial charge in [0, 0.05) is 42.8 Å². The van der Waals surface area contributed by atoms with E-state index in [-0.39, 0.29) is 23.6 Å². The first-order chi connectivity index (χ1) is 15.9. The zero-order valence-electron chi connectivity index (χ0n) is 19.2. The average Bonchev–Trinajstić information content (AvgIpc) is 2.83. The van der Waals surface area contributed by atoms with E-state index in [2.05, 4.69) is 34.7 Å². The minimum atomic E-state index is -0.0773. The highest BCUT2D eigenvalue weighted by atomic mass is 79.9. The molecule has 33 heavy (non-hydrogen) atoms. The van der Waals surface area contributed by atoms with Gasteiger partial charge in [-0.1, -0.05) is 28.1 Å². The molecule has 1 aliphatic heterocycles. The number of carbonyl (C=O) groups excluding carboxylic acids is 1. The van der Waals surface area contributed by atoms with Crippen LogP contribution in [0.5, 0.6) is 0 Å². The molecule has 0 bridgehead atoms. The van der Waals surface area contributed by atoms with Crippen LogP contribution in [0, 0.1) is 0 Å². The van der Waals surface area contributed by atoms with Crippen LogP contribution in [0.2, 0.25) is 0 Å². The van der Waals surface area contributed by atoms with Crippen molar-refractivity contribution < 1.29 is 9.53 Å². The number of fused-ring (bicyclic) bond motifs is 1. The van der Waals surface area contributed by atoms with Crippen LogP contribution in [-0.2, 0) is 11.3 Å². The highest BCUT2D eigenvalue weighted by molar-refractivity contribution is 9.10. The number of rotatable bonds is 6. The summed E-state index contributed by atoms with van der Waals surface area (Å²) in [7, 11) is 1.63. The second-order valence-electron chi connectivity index (χ2n) is 8.46. The minimum absolute atomic E-state index is 0.0388. The molecule has 1 saturated heterocycles. The number of aromatic nitrogens is 2. The molecule has 4 rings (SSSR count). The van der Waals surface area contributed by atoms with Crippen molar-refractivity contribution in [1.29, 1.82) is 0 Å². The lowest BCUT2D eigenvalue weighted by Gasteiger charge is -2.42. The summed E-state index contributed by atoms with van der Waals surface area (Å²) < 4.78 is 7.94. The number of benzene rings is 2. The van der Waals surface area contributed by atoms with E-state index in [1.165, 1.54) is 0 Å². The predicted molar refractivity (Wildman–Crippen MR) is 133 cm³/mol. The van der Waals surface area contributed by atoms with E-state index >= 15 is 0 Å². The Labute approximate surface area is 202 Å². The molecule has 0 N–H and O–H groups in total. The van der Waals surface area contributed by atoms with Crippen molar-refractivity contribution in [2.24, 2.45) is 0 Å². The molecule has 8 heteroatoms. The third kappa shape index (κ3) is 4.88. The van der Waals surface area contributed by atoms with Crippen molar-refractivity contribution in [3.05, 3.63) is 74.7 Å². The third-order valence-electron chi connectivity index (χ3n) is 6.34. The smallest absolute Gasteiger partial charge is 0.261 e. The Kier molecular flexibility index (Phi) is 7.26. The lowest BCUT2D eigenvalue weighted by molar-refractivity contribution is 0.0389. The zero-order valence-corrected chi connectivity index (χ0v) is 20.8. The summed E-state index contributed by atoms with van der Waals surface area (Å²) in [6, 6.07) is 14.9. The summed E-state index contributed by atoms with van der Waals surface area (Å²) >= 11 is 3.42. The fraction of sp³-hybridized carbons (Fsp3) is 0.400. The quantitative estimate of drug-likeness (QED) is 0.503. The van der Waals surface area contributed by atoms with Gasteiger partial charge in [-0.25, -0.2) is 4.98 Å². The lowest BCUT2D eigenvalue weighted by Crippen LogP contribution is -2.54. The van der Waals surface area contributed by atoms with Crippen LogP contribution < -0.4 is 5.56 Å². The van der Waals surface area contributed by atoms with Gasteiger partial charge in [-0.2, -0.15) is 0 Å². The number of piperazine rings is 1. The van der Waals surface area contributed by atoms with Crippen LogP contribution in [-0.4, -0.2) is 64.7 Å². The van der Waals surface area contributed by atoms with Crippen molar-refractivity contribution in [2.75, 3.05) is 33.4 Å². The van der Waals surface area contributed by atoms with E-state index in [0.717, 1.165) is 10.3 Å². The molecular weight excluding hydrogens is 484 g/mol. The standard InChI is InChI=1S/C25H29BrN4O3/c1-17-16-28(12-13-29(17)24(31)19-8-10-20(26)11-9-19)18(2)23-27-22-7-5-4-6-21(22)25(32)30(23)14-15-33-3/h4-11,17-18H,12-16H2,1-3H3. The molecule has 1 aliphatic rings. The molecule has 2 aromatic carbocycles. The van der Waals surface area contributed by atoms with Crippen LogP contribution in [0.1, 0.15) is 36.1 Å². The van der Waals surface area contributed by atoms with Gasteiger partial charge in [0.15, 0.2) is 0 Å². The van der Waals surface area contributed by atoms with Crippen molar-refractivity contribution in [1.82, 2.24) is 19.4 Å². The van der Waals surface area contributed by atoms with Crippen LogP contribution in [0.4, 0.5) is 0 Å². The molecule has 7 nitrogen and oxygen atoms in total. The monoisotopic (exact) mass is 512 g/mol. The number of hydrogen-bond donors (Lipinski definition) is 0.